The molecule has 4 rings (SSSR count). The number of rotatable bonds is 4. The van der Waals surface area contributed by atoms with Gasteiger partial charge in [0, 0.05) is 18.6 Å². The largest absolute Gasteiger partial charge is 0.494 e. The van der Waals surface area contributed by atoms with Crippen molar-refractivity contribution in [2.75, 3.05) is 12.8 Å². The lowest BCUT2D eigenvalue weighted by Crippen LogP contribution is -2.06. The molecule has 0 aliphatic carbocycles. The van der Waals surface area contributed by atoms with Crippen LogP contribution in [0.5, 0.6) is 5.75 Å². The van der Waals surface area contributed by atoms with E-state index in [2.05, 4.69) is 25.4 Å². The highest BCUT2D eigenvalue weighted by Crippen LogP contribution is 2.30. The monoisotopic (exact) mass is 336 g/mol. The van der Waals surface area contributed by atoms with Gasteiger partial charge in [0.2, 0.25) is 5.95 Å². The van der Waals surface area contributed by atoms with E-state index in [1.807, 2.05) is 37.5 Å². The highest BCUT2D eigenvalue weighted by molar-refractivity contribution is 5.95. The van der Waals surface area contributed by atoms with E-state index in [4.69, 9.17) is 10.5 Å². The normalized spacial score (nSPS) is 11.1. The first-order valence-electron chi connectivity index (χ1n) is 7.63. The molecule has 0 aliphatic heterocycles. The van der Waals surface area contributed by atoms with E-state index in [1.165, 1.54) is 0 Å². The highest BCUT2D eigenvalue weighted by atomic mass is 16.5. The summed E-state index contributed by atoms with van der Waals surface area (Å²) in [5.41, 5.74) is 8.79. The van der Waals surface area contributed by atoms with Gasteiger partial charge in [0.15, 0.2) is 0 Å². The van der Waals surface area contributed by atoms with Crippen LogP contribution in [0.4, 0.5) is 5.95 Å². The predicted octanol–water partition coefficient (Wildman–Crippen LogP) is 1.26. The van der Waals surface area contributed by atoms with Gasteiger partial charge in [-0.25, -0.2) is 14.6 Å². The summed E-state index contributed by atoms with van der Waals surface area (Å²) in [6, 6.07) is 7.55. The number of aryl methyl sites for hydroxylation is 1. The van der Waals surface area contributed by atoms with Gasteiger partial charge in [-0.1, -0.05) is 17.3 Å². The third-order valence-corrected chi connectivity index (χ3v) is 3.95. The summed E-state index contributed by atoms with van der Waals surface area (Å²) in [6.07, 6.45) is 3.58. The van der Waals surface area contributed by atoms with Crippen LogP contribution in [0.25, 0.3) is 22.3 Å². The van der Waals surface area contributed by atoms with Gasteiger partial charge in [0.25, 0.3) is 0 Å². The molecule has 4 aromatic rings. The lowest BCUT2D eigenvalue weighted by molar-refractivity contribution is 0.419. The lowest BCUT2D eigenvalue weighted by Gasteiger charge is -2.07. The Hall–Kier alpha value is -3.49. The van der Waals surface area contributed by atoms with Crippen LogP contribution >= 0.6 is 0 Å². The topological polar surface area (TPSA) is 110 Å². The minimum Gasteiger partial charge on any atom is -0.494 e. The molecular formula is C16H16N8O. The molecule has 0 saturated carbocycles. The predicted molar refractivity (Wildman–Crippen MR) is 91.8 cm³/mol. The molecule has 3 aromatic heterocycles. The molecule has 0 amide bonds. The second-order valence-electron chi connectivity index (χ2n) is 5.53. The molecule has 0 unspecified atom stereocenters. The number of nitrogens with two attached hydrogens (primary N) is 1. The van der Waals surface area contributed by atoms with E-state index in [1.54, 1.807) is 22.7 Å². The molecule has 0 saturated heterocycles. The van der Waals surface area contributed by atoms with Crippen molar-refractivity contribution in [2.45, 2.75) is 6.54 Å². The quantitative estimate of drug-likeness (QED) is 0.597. The molecule has 0 aliphatic rings. The summed E-state index contributed by atoms with van der Waals surface area (Å²) in [5, 5.41) is 13.4. The Labute approximate surface area is 143 Å². The molecule has 0 bridgehead atoms. The van der Waals surface area contributed by atoms with Crippen LogP contribution in [-0.2, 0) is 13.6 Å². The molecule has 1 aromatic carbocycles. The number of ether oxygens (including phenoxy) is 1. The molecule has 0 fully saturated rings. The van der Waals surface area contributed by atoms with Crippen molar-refractivity contribution in [3.05, 3.63) is 42.4 Å². The maximum absolute atomic E-state index is 5.88. The molecule has 0 spiro atoms. The molecule has 3 heterocycles. The van der Waals surface area contributed by atoms with Crippen LogP contribution in [-0.4, -0.2) is 41.9 Å². The number of benzene rings is 1. The van der Waals surface area contributed by atoms with E-state index in [9.17, 15) is 0 Å². The van der Waals surface area contributed by atoms with Crippen molar-refractivity contribution in [2.24, 2.45) is 7.05 Å². The third-order valence-electron chi connectivity index (χ3n) is 3.95. The summed E-state index contributed by atoms with van der Waals surface area (Å²) in [7, 11) is 3.48. The number of anilines is 1. The van der Waals surface area contributed by atoms with Crippen LogP contribution in [0.2, 0.25) is 0 Å². The van der Waals surface area contributed by atoms with Crippen LogP contribution < -0.4 is 10.5 Å². The van der Waals surface area contributed by atoms with Crippen LogP contribution in [0.3, 0.4) is 0 Å². The molecule has 25 heavy (non-hydrogen) atoms. The highest BCUT2D eigenvalue weighted by Gasteiger charge is 2.15. The number of methoxy groups -OCH3 is 1. The zero-order valence-electron chi connectivity index (χ0n) is 13.8. The minimum atomic E-state index is 0.160. The van der Waals surface area contributed by atoms with Crippen molar-refractivity contribution < 1.29 is 4.74 Å². The van der Waals surface area contributed by atoms with Crippen molar-refractivity contribution in [3.63, 3.8) is 0 Å². The van der Waals surface area contributed by atoms with Crippen LogP contribution in [0.15, 0.2) is 36.7 Å². The van der Waals surface area contributed by atoms with Gasteiger partial charge in [-0.2, -0.15) is 5.10 Å². The van der Waals surface area contributed by atoms with Crippen LogP contribution in [0.1, 0.15) is 5.69 Å². The Morgan fingerprint density at radius 1 is 1.20 bits per heavy atom. The SMILES string of the molecule is COc1cccc2c(-c3cn(Cc4ccnn4C)nn3)nc(N)nc12. The summed E-state index contributed by atoms with van der Waals surface area (Å²) in [4.78, 5) is 8.64. The number of fused-ring (bicyclic) bond motifs is 1. The maximum Gasteiger partial charge on any atom is 0.221 e. The number of hydrogen-bond acceptors (Lipinski definition) is 7. The molecule has 2 N–H and O–H groups in total. The Kier molecular flexibility index (Phi) is 3.53. The Balaban J connectivity index is 1.79. The first-order chi connectivity index (χ1) is 12.2. The van der Waals surface area contributed by atoms with E-state index >= 15 is 0 Å². The zero-order chi connectivity index (χ0) is 17.4. The van der Waals surface area contributed by atoms with E-state index in [-0.39, 0.29) is 5.95 Å². The van der Waals surface area contributed by atoms with Crippen LogP contribution in [0, 0.1) is 0 Å². The average molecular weight is 336 g/mol. The standard InChI is InChI=1S/C16H16N8O/c1-23-10(6-7-18-23)8-24-9-12(21-22-24)14-11-4-3-5-13(25-2)15(11)20-16(17)19-14/h3-7,9H,8H2,1-2H3,(H2,17,19,20). The number of nitrogens with zero attached hydrogens (tertiary/aromatic N) is 7. The summed E-state index contributed by atoms with van der Waals surface area (Å²) >= 11 is 0. The number of aromatic nitrogens is 7. The zero-order valence-corrected chi connectivity index (χ0v) is 13.8. The Bertz CT molecular complexity index is 1050. The van der Waals surface area contributed by atoms with Crippen molar-refractivity contribution >= 4 is 16.9 Å². The Morgan fingerprint density at radius 3 is 2.84 bits per heavy atom. The Morgan fingerprint density at radius 2 is 2.08 bits per heavy atom. The fourth-order valence-electron chi connectivity index (χ4n) is 2.71. The van der Waals surface area contributed by atoms with Gasteiger partial charge in [0.05, 0.1) is 25.5 Å². The minimum absolute atomic E-state index is 0.160. The number of hydrogen-bond donors (Lipinski definition) is 1. The van der Waals surface area contributed by atoms with Crippen molar-refractivity contribution in [1.29, 1.82) is 0 Å². The van der Waals surface area contributed by atoms with Gasteiger partial charge in [-0.05, 0) is 12.1 Å². The first-order valence-corrected chi connectivity index (χ1v) is 7.63. The smallest absolute Gasteiger partial charge is 0.221 e. The molecule has 9 nitrogen and oxygen atoms in total. The number of nitrogen functional groups attached to an aromatic ring is 1. The molecule has 126 valence electrons. The molecular weight excluding hydrogens is 320 g/mol. The van der Waals surface area contributed by atoms with Gasteiger partial charge >= 0.3 is 0 Å². The van der Waals surface area contributed by atoms with Gasteiger partial charge < -0.3 is 10.5 Å². The van der Waals surface area contributed by atoms with E-state index < -0.39 is 0 Å². The fourth-order valence-corrected chi connectivity index (χ4v) is 2.71. The van der Waals surface area contributed by atoms with E-state index in [0.717, 1.165) is 11.1 Å². The van der Waals surface area contributed by atoms with Gasteiger partial charge in [-0.3, -0.25) is 4.68 Å². The first kappa shape index (κ1) is 15.1. The number of para-hydroxylation sites is 1. The maximum atomic E-state index is 5.88. The van der Waals surface area contributed by atoms with Crippen molar-refractivity contribution in [3.8, 4) is 17.1 Å². The summed E-state index contributed by atoms with van der Waals surface area (Å²) < 4.78 is 8.89. The second-order valence-corrected chi connectivity index (χ2v) is 5.53. The van der Waals surface area contributed by atoms with Gasteiger partial charge in [0.1, 0.15) is 22.7 Å². The average Bonchev–Trinajstić information content (AvgIpc) is 3.23. The molecule has 9 heteroatoms. The van der Waals surface area contributed by atoms with Crippen molar-refractivity contribution in [1.82, 2.24) is 34.7 Å². The second kappa shape index (κ2) is 5.86. The third kappa shape index (κ3) is 2.65. The molecule has 0 radical (unpaired) electrons. The molecule has 0 atom stereocenters. The summed E-state index contributed by atoms with van der Waals surface area (Å²) in [5.74, 6) is 0.795. The van der Waals surface area contributed by atoms with E-state index in [0.29, 0.717) is 29.2 Å². The van der Waals surface area contributed by atoms with Gasteiger partial charge in [-0.15, -0.1) is 5.10 Å². The lowest BCUT2D eigenvalue weighted by atomic mass is 10.1. The fraction of sp³-hybridized carbons (Fsp3) is 0.188. The summed E-state index contributed by atoms with van der Waals surface area (Å²) in [6.45, 7) is 0.561.